The second kappa shape index (κ2) is 20.7. The summed E-state index contributed by atoms with van der Waals surface area (Å²) in [6, 6.07) is 0. The summed E-state index contributed by atoms with van der Waals surface area (Å²) < 4.78 is 0. The molecule has 0 N–H and O–H groups in total. The molecule has 0 rings (SSSR count). The fourth-order valence-corrected chi connectivity index (χ4v) is 2.23. The van der Waals surface area contributed by atoms with Gasteiger partial charge in [0.1, 0.15) is 0 Å². The maximum absolute atomic E-state index is 2.34. The molecule has 0 aromatic heterocycles. The van der Waals surface area contributed by atoms with Crippen LogP contribution in [-0.2, 0) is 0 Å². The van der Waals surface area contributed by atoms with E-state index < -0.39 is 0 Å². The molecule has 0 aromatic carbocycles. The van der Waals surface area contributed by atoms with Gasteiger partial charge in [-0.1, -0.05) is 100 Å². The van der Waals surface area contributed by atoms with Gasteiger partial charge in [0, 0.05) is 0 Å². The molecule has 0 atom stereocenters. The Labute approximate surface area is 145 Å². The van der Waals surface area contributed by atoms with Crippen molar-refractivity contribution in [2.45, 2.75) is 84.5 Å². The molecule has 0 saturated heterocycles. The van der Waals surface area contributed by atoms with Gasteiger partial charge in [0.15, 0.2) is 0 Å². The molecule has 0 heteroatoms. The molecule has 23 heavy (non-hydrogen) atoms. The van der Waals surface area contributed by atoms with Crippen molar-refractivity contribution in [2.75, 3.05) is 0 Å². The zero-order chi connectivity index (χ0) is 16.8. The summed E-state index contributed by atoms with van der Waals surface area (Å²) in [7, 11) is 0. The first kappa shape index (κ1) is 21.7. The van der Waals surface area contributed by atoms with Gasteiger partial charge in [-0.05, 0) is 44.9 Å². The standard InChI is InChI=1S/C23H38/c1-3-5-7-9-11-13-15-17-19-21-23-22-20-18-16-14-12-10-8-6-4-2/h5,7,11,13,16-19,22-23H,3-4,6,8-10,12,14-15,20-21H2,1-2H3. The Hall–Kier alpha value is -1.30. The molecule has 0 aliphatic rings. The van der Waals surface area contributed by atoms with Crippen molar-refractivity contribution in [3.8, 4) is 0 Å². The van der Waals surface area contributed by atoms with Crippen LogP contribution in [0.1, 0.15) is 84.5 Å². The van der Waals surface area contributed by atoms with Gasteiger partial charge in [-0.25, -0.2) is 0 Å². The van der Waals surface area contributed by atoms with E-state index in [0.717, 1.165) is 32.1 Å². The quantitative estimate of drug-likeness (QED) is 0.211. The molecule has 0 bridgehead atoms. The molecular formula is C23H38. The lowest BCUT2D eigenvalue weighted by atomic mass is 10.1. The monoisotopic (exact) mass is 314 g/mol. The number of unbranched alkanes of at least 4 members (excludes halogenated alkanes) is 5. The van der Waals surface area contributed by atoms with E-state index in [9.17, 15) is 0 Å². The third kappa shape index (κ3) is 20.7. The van der Waals surface area contributed by atoms with Gasteiger partial charge in [-0.2, -0.15) is 0 Å². The smallest absolute Gasteiger partial charge is 0.0169 e. The number of hydrogen-bond donors (Lipinski definition) is 0. The molecule has 0 spiro atoms. The van der Waals surface area contributed by atoms with Crippen molar-refractivity contribution in [1.29, 1.82) is 0 Å². The highest BCUT2D eigenvalue weighted by molar-refractivity contribution is 5.00. The lowest BCUT2D eigenvalue weighted by Crippen LogP contribution is -1.75. The Morgan fingerprint density at radius 2 is 0.870 bits per heavy atom. The fourth-order valence-electron chi connectivity index (χ4n) is 2.23. The van der Waals surface area contributed by atoms with E-state index in [1.165, 1.54) is 38.5 Å². The second-order valence-corrected chi connectivity index (χ2v) is 5.91. The van der Waals surface area contributed by atoms with Crippen LogP contribution in [0.5, 0.6) is 0 Å². The maximum atomic E-state index is 2.34. The predicted molar refractivity (Wildman–Crippen MR) is 108 cm³/mol. The van der Waals surface area contributed by atoms with Crippen molar-refractivity contribution in [3.05, 3.63) is 60.8 Å². The molecule has 0 fully saturated rings. The van der Waals surface area contributed by atoms with Crippen LogP contribution in [0, 0.1) is 0 Å². The summed E-state index contributed by atoms with van der Waals surface area (Å²) in [5.41, 5.74) is 0. The first-order valence-corrected chi connectivity index (χ1v) is 9.66. The third-order valence-electron chi connectivity index (χ3n) is 3.63. The average molecular weight is 315 g/mol. The van der Waals surface area contributed by atoms with Gasteiger partial charge in [0.2, 0.25) is 0 Å². The van der Waals surface area contributed by atoms with E-state index in [4.69, 9.17) is 0 Å². The number of rotatable bonds is 15. The fraction of sp³-hybridized carbons (Fsp3) is 0.565. The van der Waals surface area contributed by atoms with Crippen LogP contribution >= 0.6 is 0 Å². The largest absolute Gasteiger partial charge is 0.0885 e. The van der Waals surface area contributed by atoms with E-state index in [-0.39, 0.29) is 0 Å². The molecule has 0 heterocycles. The maximum Gasteiger partial charge on any atom is -0.0169 e. The lowest BCUT2D eigenvalue weighted by Gasteiger charge is -1.95. The van der Waals surface area contributed by atoms with Crippen LogP contribution in [0.15, 0.2) is 60.8 Å². The van der Waals surface area contributed by atoms with Crippen molar-refractivity contribution in [3.63, 3.8) is 0 Å². The zero-order valence-electron chi connectivity index (χ0n) is 15.6. The Morgan fingerprint density at radius 1 is 0.435 bits per heavy atom. The van der Waals surface area contributed by atoms with E-state index in [0.29, 0.717) is 0 Å². The van der Waals surface area contributed by atoms with Gasteiger partial charge in [-0.15, -0.1) is 0 Å². The molecule has 0 radical (unpaired) electrons. The number of hydrogen-bond acceptors (Lipinski definition) is 0. The third-order valence-corrected chi connectivity index (χ3v) is 3.63. The highest BCUT2D eigenvalue weighted by atomic mass is 13.9. The molecule has 130 valence electrons. The van der Waals surface area contributed by atoms with Crippen LogP contribution in [0.4, 0.5) is 0 Å². The molecule has 0 amide bonds. The summed E-state index contributed by atoms with van der Waals surface area (Å²) in [4.78, 5) is 0. The molecule has 0 aliphatic heterocycles. The molecule has 0 aromatic rings. The minimum atomic E-state index is 1.05. The lowest BCUT2D eigenvalue weighted by molar-refractivity contribution is 0.637. The van der Waals surface area contributed by atoms with Crippen LogP contribution in [0.2, 0.25) is 0 Å². The minimum absolute atomic E-state index is 1.05. The van der Waals surface area contributed by atoms with Gasteiger partial charge in [-0.3, -0.25) is 0 Å². The van der Waals surface area contributed by atoms with E-state index >= 15 is 0 Å². The van der Waals surface area contributed by atoms with Crippen LogP contribution in [0.25, 0.3) is 0 Å². The summed E-state index contributed by atoms with van der Waals surface area (Å²) in [6.45, 7) is 4.44. The van der Waals surface area contributed by atoms with Crippen molar-refractivity contribution in [2.24, 2.45) is 0 Å². The van der Waals surface area contributed by atoms with Crippen LogP contribution < -0.4 is 0 Å². The SMILES string of the molecule is CCC=CCC=CCC=CCC=CCC=CCCCCCCC. The summed E-state index contributed by atoms with van der Waals surface area (Å²) in [6.07, 6.45) is 36.1. The van der Waals surface area contributed by atoms with Crippen LogP contribution in [0.3, 0.4) is 0 Å². The van der Waals surface area contributed by atoms with E-state index in [1.54, 1.807) is 0 Å². The zero-order valence-corrected chi connectivity index (χ0v) is 15.6. The van der Waals surface area contributed by atoms with Gasteiger partial charge < -0.3 is 0 Å². The molecule has 0 aliphatic carbocycles. The van der Waals surface area contributed by atoms with Crippen molar-refractivity contribution < 1.29 is 0 Å². The second-order valence-electron chi connectivity index (χ2n) is 5.91. The molecular weight excluding hydrogens is 276 g/mol. The Bertz CT molecular complexity index is 352. The average Bonchev–Trinajstić information content (AvgIpc) is 2.57. The van der Waals surface area contributed by atoms with E-state index in [2.05, 4.69) is 74.6 Å². The van der Waals surface area contributed by atoms with Gasteiger partial charge in [0.05, 0.1) is 0 Å². The summed E-state index contributed by atoms with van der Waals surface area (Å²) >= 11 is 0. The van der Waals surface area contributed by atoms with Gasteiger partial charge in [0.25, 0.3) is 0 Å². The normalized spacial score (nSPS) is 13.0. The topological polar surface area (TPSA) is 0 Å². The van der Waals surface area contributed by atoms with Crippen molar-refractivity contribution >= 4 is 0 Å². The van der Waals surface area contributed by atoms with Gasteiger partial charge >= 0.3 is 0 Å². The Morgan fingerprint density at radius 3 is 1.35 bits per heavy atom. The minimum Gasteiger partial charge on any atom is -0.0885 e. The Balaban J connectivity index is 3.39. The van der Waals surface area contributed by atoms with E-state index in [1.807, 2.05) is 0 Å². The first-order valence-electron chi connectivity index (χ1n) is 9.66. The number of allylic oxidation sites excluding steroid dienone is 10. The molecule has 0 nitrogen and oxygen atoms in total. The summed E-state index contributed by atoms with van der Waals surface area (Å²) in [5, 5.41) is 0. The van der Waals surface area contributed by atoms with Crippen molar-refractivity contribution in [1.82, 2.24) is 0 Å². The summed E-state index contributed by atoms with van der Waals surface area (Å²) in [5.74, 6) is 0. The Kier molecular flexibility index (Phi) is 19.5. The molecule has 0 unspecified atom stereocenters. The van der Waals surface area contributed by atoms with Crippen LogP contribution in [-0.4, -0.2) is 0 Å². The highest BCUT2D eigenvalue weighted by Gasteiger charge is 1.85. The predicted octanol–water partition coefficient (Wildman–Crippen LogP) is 8.10. The molecule has 0 saturated carbocycles. The first-order chi connectivity index (χ1) is 11.4. The highest BCUT2D eigenvalue weighted by Crippen LogP contribution is 2.05.